The second kappa shape index (κ2) is 17.2. The van der Waals surface area contributed by atoms with Gasteiger partial charge in [-0.2, -0.15) is 0 Å². The lowest BCUT2D eigenvalue weighted by atomic mass is 10.1. The second-order valence-corrected chi connectivity index (χ2v) is 9.64. The number of carboxylic acids is 1. The van der Waals surface area contributed by atoms with E-state index >= 15 is 0 Å². The number of carbonyl (C=O) groups is 1. The first-order valence-corrected chi connectivity index (χ1v) is 12.7. The van der Waals surface area contributed by atoms with Crippen molar-refractivity contribution in [3.05, 3.63) is 65.7 Å². The molecule has 0 heterocycles. The maximum atomic E-state index is 10.7. The summed E-state index contributed by atoms with van der Waals surface area (Å²) in [4.78, 5) is 10.2. The Morgan fingerprint density at radius 1 is 0.758 bits per heavy atom. The van der Waals surface area contributed by atoms with Crippen molar-refractivity contribution in [3.8, 4) is 5.75 Å². The van der Waals surface area contributed by atoms with Gasteiger partial charge in [0.2, 0.25) is 0 Å². The molecule has 4 heteroatoms. The molecule has 0 spiro atoms. The van der Waals surface area contributed by atoms with E-state index in [0.717, 1.165) is 11.0 Å². The molecule has 0 aromatic heterocycles. The van der Waals surface area contributed by atoms with Crippen molar-refractivity contribution in [1.29, 1.82) is 0 Å². The molecular weight excluding hydrogens is 410 g/mol. The Morgan fingerprint density at radius 2 is 1.24 bits per heavy atom. The third-order valence-electron chi connectivity index (χ3n) is 5.94. The molecule has 0 amide bonds. The lowest BCUT2D eigenvalue weighted by molar-refractivity contribution is -0.903. The van der Waals surface area contributed by atoms with Crippen molar-refractivity contribution in [2.45, 2.75) is 84.1 Å². The molecule has 4 nitrogen and oxygen atoms in total. The summed E-state index contributed by atoms with van der Waals surface area (Å²) in [6, 6.07) is 16.4. The van der Waals surface area contributed by atoms with Gasteiger partial charge in [0.25, 0.3) is 0 Å². The van der Waals surface area contributed by atoms with Crippen LogP contribution in [0.5, 0.6) is 5.75 Å². The zero-order valence-corrected chi connectivity index (χ0v) is 21.1. The molecule has 0 unspecified atom stereocenters. The number of rotatable bonds is 15. The smallest absolute Gasteiger partial charge is 0.335 e. The molecule has 0 aliphatic carbocycles. The van der Waals surface area contributed by atoms with Gasteiger partial charge in [0.05, 0.1) is 26.2 Å². The standard InChI is InChI=1S/C22H40N.C7H6O3/c1-4-5-6-7-8-9-10-11-12-13-17-20-23(2,3)21-22-18-15-14-16-19-22;8-6-4-2-1-3-5(6)7(9)10/h14-16,18-19H,4-13,17,20-21H2,1-3H3;1-4,8H,(H,9,10)/q+1;/p-1. The number of unbranched alkanes of at least 4 members (excludes halogenated alkanes) is 10. The van der Waals surface area contributed by atoms with Gasteiger partial charge in [-0.05, 0) is 18.9 Å². The van der Waals surface area contributed by atoms with Gasteiger partial charge in [-0.1, -0.05) is 119 Å². The van der Waals surface area contributed by atoms with E-state index in [4.69, 9.17) is 5.11 Å². The van der Waals surface area contributed by atoms with Crippen LogP contribution in [0.25, 0.3) is 0 Å². The van der Waals surface area contributed by atoms with Crippen molar-refractivity contribution >= 4 is 5.97 Å². The Kier molecular flexibility index (Phi) is 14.9. The average Bonchev–Trinajstić information content (AvgIpc) is 2.78. The zero-order valence-electron chi connectivity index (χ0n) is 21.1. The topological polar surface area (TPSA) is 60.4 Å². The molecule has 2 aromatic carbocycles. The number of hydrogen-bond donors (Lipinski definition) is 1. The Hall–Kier alpha value is -2.33. The largest absolute Gasteiger partial charge is 0.872 e. The summed E-state index contributed by atoms with van der Waals surface area (Å²) in [5, 5.41) is 19.0. The molecule has 2 rings (SSSR count). The van der Waals surface area contributed by atoms with Crippen LogP contribution in [-0.2, 0) is 6.54 Å². The summed E-state index contributed by atoms with van der Waals surface area (Å²) >= 11 is 0. The summed E-state index contributed by atoms with van der Waals surface area (Å²) in [7, 11) is 4.73. The number of benzene rings is 2. The van der Waals surface area contributed by atoms with E-state index in [2.05, 4.69) is 51.4 Å². The van der Waals surface area contributed by atoms with Gasteiger partial charge in [-0.15, -0.1) is 0 Å². The predicted molar refractivity (Wildman–Crippen MR) is 136 cm³/mol. The van der Waals surface area contributed by atoms with Crippen LogP contribution in [0.15, 0.2) is 54.6 Å². The van der Waals surface area contributed by atoms with Crippen LogP contribution in [0.4, 0.5) is 0 Å². The van der Waals surface area contributed by atoms with Crippen LogP contribution in [0.1, 0.15) is 93.5 Å². The number of carboxylic acid groups (broad SMARTS) is 1. The van der Waals surface area contributed by atoms with Crippen molar-refractivity contribution in [2.75, 3.05) is 20.6 Å². The van der Waals surface area contributed by atoms with E-state index in [1.54, 1.807) is 0 Å². The van der Waals surface area contributed by atoms with Crippen LogP contribution < -0.4 is 5.11 Å². The van der Waals surface area contributed by atoms with Crippen LogP contribution in [0.3, 0.4) is 0 Å². The molecule has 0 saturated heterocycles. The van der Waals surface area contributed by atoms with Gasteiger partial charge in [-0.25, -0.2) is 4.79 Å². The van der Waals surface area contributed by atoms with Gasteiger partial charge < -0.3 is 14.7 Å². The molecule has 2 aromatic rings. The molecule has 0 fully saturated rings. The summed E-state index contributed by atoms with van der Waals surface area (Å²) in [5.41, 5.74) is 1.28. The summed E-state index contributed by atoms with van der Waals surface area (Å²) < 4.78 is 1.11. The molecule has 184 valence electrons. The minimum atomic E-state index is -1.18. The zero-order chi connectivity index (χ0) is 24.4. The third-order valence-corrected chi connectivity index (χ3v) is 5.94. The SMILES string of the molecule is CCCCCCCCCCCCC[N+](C)(C)Cc1ccccc1.O=C(O)c1ccccc1[O-]. The quantitative estimate of drug-likeness (QED) is 0.232. The second-order valence-electron chi connectivity index (χ2n) is 9.64. The molecule has 1 N–H and O–H groups in total. The first-order valence-electron chi connectivity index (χ1n) is 12.7. The lowest BCUT2D eigenvalue weighted by Gasteiger charge is -2.30. The normalized spacial score (nSPS) is 11.0. The van der Waals surface area contributed by atoms with E-state index in [-0.39, 0.29) is 5.56 Å². The summed E-state index contributed by atoms with van der Waals surface area (Å²) in [6.07, 6.45) is 15.7. The third kappa shape index (κ3) is 14.4. The Morgan fingerprint density at radius 3 is 1.73 bits per heavy atom. The average molecular weight is 456 g/mol. The fourth-order valence-corrected chi connectivity index (χ4v) is 4.00. The molecule has 0 aliphatic heterocycles. The minimum absolute atomic E-state index is 0.178. The maximum Gasteiger partial charge on any atom is 0.335 e. The molecule has 33 heavy (non-hydrogen) atoms. The first kappa shape index (κ1) is 28.7. The van der Waals surface area contributed by atoms with Crippen LogP contribution >= 0.6 is 0 Å². The highest BCUT2D eigenvalue weighted by Gasteiger charge is 2.14. The van der Waals surface area contributed by atoms with Gasteiger partial charge in [0, 0.05) is 5.56 Å². The number of aromatic carboxylic acids is 1. The highest BCUT2D eigenvalue weighted by Crippen LogP contribution is 2.14. The maximum absolute atomic E-state index is 10.7. The Labute approximate surface area is 201 Å². The van der Waals surface area contributed by atoms with E-state index in [1.165, 1.54) is 107 Å². The van der Waals surface area contributed by atoms with E-state index < -0.39 is 11.7 Å². The van der Waals surface area contributed by atoms with Crippen molar-refractivity contribution in [2.24, 2.45) is 0 Å². The summed E-state index contributed by atoms with van der Waals surface area (Å²) in [5.74, 6) is -1.62. The Balaban J connectivity index is 0.000000451. The van der Waals surface area contributed by atoms with Crippen LogP contribution in [-0.4, -0.2) is 36.2 Å². The van der Waals surface area contributed by atoms with Crippen molar-refractivity contribution in [3.63, 3.8) is 0 Å². The van der Waals surface area contributed by atoms with Gasteiger partial charge in [-0.3, -0.25) is 0 Å². The molecule has 0 atom stereocenters. The predicted octanol–water partition coefficient (Wildman–Crippen LogP) is 7.03. The van der Waals surface area contributed by atoms with Gasteiger partial charge in [0.1, 0.15) is 6.54 Å². The van der Waals surface area contributed by atoms with Gasteiger partial charge >= 0.3 is 5.97 Å². The number of nitrogens with zero attached hydrogens (tertiary/aromatic N) is 1. The Bertz CT molecular complexity index is 758. The van der Waals surface area contributed by atoms with Crippen LogP contribution in [0, 0.1) is 0 Å². The van der Waals surface area contributed by atoms with E-state index in [9.17, 15) is 9.90 Å². The number of quaternary nitrogens is 1. The fourth-order valence-electron chi connectivity index (χ4n) is 4.00. The van der Waals surface area contributed by atoms with Crippen molar-refractivity contribution < 1.29 is 19.5 Å². The fraction of sp³-hybridized carbons (Fsp3) is 0.552. The first-order chi connectivity index (χ1) is 15.9. The molecular formula is C29H45NO3. The molecule has 0 aliphatic rings. The highest BCUT2D eigenvalue weighted by atomic mass is 16.4. The monoisotopic (exact) mass is 455 g/mol. The van der Waals surface area contributed by atoms with E-state index in [1.807, 2.05) is 0 Å². The number of hydrogen-bond acceptors (Lipinski definition) is 2. The minimum Gasteiger partial charge on any atom is -0.872 e. The highest BCUT2D eigenvalue weighted by molar-refractivity contribution is 5.90. The van der Waals surface area contributed by atoms with Gasteiger partial charge in [0.15, 0.2) is 0 Å². The van der Waals surface area contributed by atoms with E-state index in [0.29, 0.717) is 0 Å². The summed E-state index contributed by atoms with van der Waals surface area (Å²) in [6.45, 7) is 4.74. The van der Waals surface area contributed by atoms with Crippen molar-refractivity contribution in [1.82, 2.24) is 0 Å². The molecule has 0 saturated carbocycles. The van der Waals surface area contributed by atoms with Crippen LogP contribution in [0.2, 0.25) is 0 Å². The molecule has 0 radical (unpaired) electrons. The molecule has 0 bridgehead atoms. The lowest BCUT2D eigenvalue weighted by Crippen LogP contribution is -2.39. The number of para-hydroxylation sites is 1.